The standard InChI is InChI=1S/C18H23N7O/c26-18(20-7-6-14-4-2-1-3-5-14)15-9-24(10-15)16-8-17(22-12-21-16)25-13-19-11-23-25/h4,8,11-13,15H,1-3,5-7,9-10H2,(H,20,26). The molecule has 1 N–H and O–H groups in total. The fraction of sp³-hybridized carbons (Fsp3) is 0.500. The van der Waals surface area contributed by atoms with E-state index < -0.39 is 0 Å². The van der Waals surface area contributed by atoms with Gasteiger partial charge in [0.15, 0.2) is 5.82 Å². The molecule has 3 heterocycles. The van der Waals surface area contributed by atoms with Gasteiger partial charge in [-0.25, -0.2) is 19.6 Å². The number of hydrogen-bond donors (Lipinski definition) is 1. The Labute approximate surface area is 152 Å². The molecule has 2 aromatic heterocycles. The number of rotatable bonds is 6. The minimum Gasteiger partial charge on any atom is -0.355 e. The van der Waals surface area contributed by atoms with E-state index in [0.717, 1.165) is 18.8 Å². The number of anilines is 1. The molecule has 8 heteroatoms. The normalized spacial score (nSPS) is 17.5. The maximum Gasteiger partial charge on any atom is 0.226 e. The molecule has 0 saturated carbocycles. The van der Waals surface area contributed by atoms with Crippen molar-refractivity contribution in [1.29, 1.82) is 0 Å². The Hall–Kier alpha value is -2.77. The highest BCUT2D eigenvalue weighted by Gasteiger charge is 2.33. The molecule has 26 heavy (non-hydrogen) atoms. The van der Waals surface area contributed by atoms with Crippen LogP contribution in [0.4, 0.5) is 5.82 Å². The number of nitrogens with one attached hydrogen (secondary N) is 1. The maximum atomic E-state index is 12.3. The van der Waals surface area contributed by atoms with Gasteiger partial charge in [-0.3, -0.25) is 4.79 Å². The van der Waals surface area contributed by atoms with Crippen molar-refractivity contribution in [3.8, 4) is 5.82 Å². The lowest BCUT2D eigenvalue weighted by Crippen LogP contribution is -2.54. The summed E-state index contributed by atoms with van der Waals surface area (Å²) in [6.45, 7) is 2.11. The Morgan fingerprint density at radius 1 is 1.19 bits per heavy atom. The van der Waals surface area contributed by atoms with Gasteiger partial charge in [-0.1, -0.05) is 11.6 Å². The number of aromatic nitrogens is 5. The van der Waals surface area contributed by atoms with Gasteiger partial charge in [0, 0.05) is 25.7 Å². The first-order valence-electron chi connectivity index (χ1n) is 9.17. The molecule has 1 aliphatic carbocycles. The summed E-state index contributed by atoms with van der Waals surface area (Å²) in [6.07, 6.45) is 12.9. The summed E-state index contributed by atoms with van der Waals surface area (Å²) in [5.74, 6) is 1.64. The van der Waals surface area contributed by atoms with Gasteiger partial charge >= 0.3 is 0 Å². The van der Waals surface area contributed by atoms with Crippen molar-refractivity contribution >= 4 is 11.7 Å². The highest BCUT2D eigenvalue weighted by atomic mass is 16.2. The molecule has 0 unspecified atom stereocenters. The van der Waals surface area contributed by atoms with E-state index in [1.165, 1.54) is 43.9 Å². The molecule has 0 radical (unpaired) electrons. The van der Waals surface area contributed by atoms with Crippen molar-refractivity contribution in [2.24, 2.45) is 5.92 Å². The van der Waals surface area contributed by atoms with Gasteiger partial charge in [0.1, 0.15) is 24.8 Å². The summed E-state index contributed by atoms with van der Waals surface area (Å²) in [5.41, 5.74) is 1.49. The highest BCUT2D eigenvalue weighted by Crippen LogP contribution is 2.24. The number of nitrogens with zero attached hydrogens (tertiary/aromatic N) is 6. The molecule has 1 amide bonds. The van der Waals surface area contributed by atoms with Gasteiger partial charge in [-0.2, -0.15) is 5.10 Å². The first kappa shape index (κ1) is 16.7. The van der Waals surface area contributed by atoms with Crippen molar-refractivity contribution in [1.82, 2.24) is 30.0 Å². The van der Waals surface area contributed by atoms with Crippen LogP contribution < -0.4 is 10.2 Å². The molecule has 8 nitrogen and oxygen atoms in total. The Morgan fingerprint density at radius 3 is 2.85 bits per heavy atom. The van der Waals surface area contributed by atoms with E-state index in [1.807, 2.05) is 6.07 Å². The number of allylic oxidation sites excluding steroid dienone is 1. The third kappa shape index (κ3) is 3.74. The minimum atomic E-state index is 0.0279. The second-order valence-electron chi connectivity index (χ2n) is 6.83. The maximum absolute atomic E-state index is 12.3. The molecule has 1 saturated heterocycles. The topological polar surface area (TPSA) is 88.8 Å². The van der Waals surface area contributed by atoms with Crippen molar-refractivity contribution in [3.05, 3.63) is 36.7 Å². The van der Waals surface area contributed by atoms with Crippen LogP contribution in [0.15, 0.2) is 36.7 Å². The van der Waals surface area contributed by atoms with E-state index in [1.54, 1.807) is 11.0 Å². The van der Waals surface area contributed by atoms with Crippen LogP contribution in [0.2, 0.25) is 0 Å². The molecule has 2 aromatic rings. The minimum absolute atomic E-state index is 0.0279. The van der Waals surface area contributed by atoms with Crippen molar-refractivity contribution in [2.45, 2.75) is 32.1 Å². The molecular formula is C18H23N7O. The SMILES string of the molecule is O=C(NCCC1=CCCCC1)C1CN(c2cc(-n3cncn3)ncn2)C1. The Kier molecular flexibility index (Phi) is 4.90. The van der Waals surface area contributed by atoms with Crippen LogP contribution in [0, 0.1) is 5.92 Å². The average Bonchev–Trinajstić information content (AvgIpc) is 3.16. The molecule has 0 bridgehead atoms. The number of carbonyl (C=O) groups excluding carboxylic acids is 1. The van der Waals surface area contributed by atoms with Gasteiger partial charge in [0.2, 0.25) is 5.91 Å². The smallest absolute Gasteiger partial charge is 0.226 e. The van der Waals surface area contributed by atoms with Crippen LogP contribution in [0.25, 0.3) is 5.82 Å². The lowest BCUT2D eigenvalue weighted by molar-refractivity contribution is -0.125. The highest BCUT2D eigenvalue weighted by molar-refractivity contribution is 5.81. The third-order valence-electron chi connectivity index (χ3n) is 5.00. The summed E-state index contributed by atoms with van der Waals surface area (Å²) in [7, 11) is 0. The Morgan fingerprint density at radius 2 is 2.08 bits per heavy atom. The van der Waals surface area contributed by atoms with Gasteiger partial charge in [-0.15, -0.1) is 0 Å². The predicted molar refractivity (Wildman–Crippen MR) is 96.8 cm³/mol. The summed E-state index contributed by atoms with van der Waals surface area (Å²) in [4.78, 5) is 26.8. The monoisotopic (exact) mass is 353 g/mol. The second kappa shape index (κ2) is 7.63. The van der Waals surface area contributed by atoms with Gasteiger partial charge in [-0.05, 0) is 32.1 Å². The van der Waals surface area contributed by atoms with Crippen LogP contribution >= 0.6 is 0 Å². The summed E-state index contributed by atoms with van der Waals surface area (Å²) >= 11 is 0. The van der Waals surface area contributed by atoms with Gasteiger partial charge < -0.3 is 10.2 Å². The van der Waals surface area contributed by atoms with E-state index in [0.29, 0.717) is 18.9 Å². The fourth-order valence-corrected chi connectivity index (χ4v) is 3.42. The van der Waals surface area contributed by atoms with Crippen LogP contribution in [-0.2, 0) is 4.79 Å². The van der Waals surface area contributed by atoms with Crippen LogP contribution in [0.5, 0.6) is 0 Å². The van der Waals surface area contributed by atoms with Crippen LogP contribution in [0.3, 0.4) is 0 Å². The van der Waals surface area contributed by atoms with Crippen molar-refractivity contribution in [2.75, 3.05) is 24.5 Å². The molecule has 0 aromatic carbocycles. The number of hydrogen-bond acceptors (Lipinski definition) is 6. The molecule has 0 spiro atoms. The third-order valence-corrected chi connectivity index (χ3v) is 5.00. The number of amides is 1. The van der Waals surface area contributed by atoms with Crippen LogP contribution in [-0.4, -0.2) is 50.3 Å². The molecular weight excluding hydrogens is 330 g/mol. The molecule has 1 fully saturated rings. The lowest BCUT2D eigenvalue weighted by atomic mass is 9.96. The van der Waals surface area contributed by atoms with Crippen molar-refractivity contribution < 1.29 is 4.79 Å². The van der Waals surface area contributed by atoms with Gasteiger partial charge in [0.25, 0.3) is 0 Å². The quantitative estimate of drug-likeness (QED) is 0.792. The first-order chi connectivity index (χ1) is 12.8. The van der Waals surface area contributed by atoms with E-state index in [9.17, 15) is 4.79 Å². The molecule has 2 aliphatic rings. The summed E-state index contributed by atoms with van der Waals surface area (Å²) in [5, 5.41) is 7.15. The van der Waals surface area contributed by atoms with E-state index in [4.69, 9.17) is 0 Å². The van der Waals surface area contributed by atoms with Crippen LogP contribution in [0.1, 0.15) is 32.1 Å². The zero-order valence-electron chi connectivity index (χ0n) is 14.7. The molecule has 1 aliphatic heterocycles. The summed E-state index contributed by atoms with van der Waals surface area (Å²) in [6, 6.07) is 1.86. The van der Waals surface area contributed by atoms with E-state index in [2.05, 4.69) is 36.3 Å². The lowest BCUT2D eigenvalue weighted by Gasteiger charge is -2.39. The zero-order chi connectivity index (χ0) is 17.8. The van der Waals surface area contributed by atoms with E-state index >= 15 is 0 Å². The zero-order valence-corrected chi connectivity index (χ0v) is 14.7. The number of carbonyl (C=O) groups is 1. The Bertz CT molecular complexity index is 781. The molecule has 0 atom stereocenters. The van der Waals surface area contributed by atoms with E-state index in [-0.39, 0.29) is 11.8 Å². The molecule has 136 valence electrons. The average molecular weight is 353 g/mol. The van der Waals surface area contributed by atoms with Gasteiger partial charge in [0.05, 0.1) is 5.92 Å². The molecule has 4 rings (SSSR count). The first-order valence-corrected chi connectivity index (χ1v) is 9.17. The second-order valence-corrected chi connectivity index (χ2v) is 6.83. The fourth-order valence-electron chi connectivity index (χ4n) is 3.42. The Balaban J connectivity index is 1.25. The van der Waals surface area contributed by atoms with Crippen molar-refractivity contribution in [3.63, 3.8) is 0 Å². The summed E-state index contributed by atoms with van der Waals surface area (Å²) < 4.78 is 1.59. The largest absolute Gasteiger partial charge is 0.355 e. The predicted octanol–water partition coefficient (Wildman–Crippen LogP) is 1.50.